The molecule has 6 fully saturated rings. The van der Waals surface area contributed by atoms with E-state index in [2.05, 4.69) is 131 Å². The van der Waals surface area contributed by atoms with Crippen LogP contribution < -0.4 is 45.0 Å². The maximum absolute atomic E-state index is 12.8. The molecule has 6 aliphatic rings. The van der Waals surface area contributed by atoms with E-state index < -0.39 is 166 Å². The topological polar surface area (TPSA) is 430 Å². The van der Waals surface area contributed by atoms with Crippen molar-refractivity contribution in [2.45, 2.75) is 227 Å². The smallest absolute Gasteiger partial charge is 0.330 e. The molecule has 1 aromatic carbocycles. The van der Waals surface area contributed by atoms with Crippen LogP contribution in [0.3, 0.4) is 0 Å². The molecule has 16 atom stereocenters. The first-order valence-electron chi connectivity index (χ1n) is 37.7. The molecule has 4 unspecified atom stereocenters. The molecule has 0 aliphatic carbocycles. The first-order chi connectivity index (χ1) is 52.8. The van der Waals surface area contributed by atoms with Crippen molar-refractivity contribution in [1.82, 2.24) is 48.0 Å². The molecule has 40 heteroatoms. The summed E-state index contributed by atoms with van der Waals surface area (Å²) in [5.41, 5.74) is -3.42. The van der Waals surface area contributed by atoms with Crippen LogP contribution in [0.1, 0.15) is 92.8 Å². The summed E-state index contributed by atoms with van der Waals surface area (Å²) >= 11 is 0. The summed E-state index contributed by atoms with van der Waals surface area (Å²) in [7, 11) is -4.69. The van der Waals surface area contributed by atoms with Gasteiger partial charge in [0.2, 0.25) is 0 Å². The summed E-state index contributed by atoms with van der Waals surface area (Å²) in [5.74, 6) is 0. The summed E-state index contributed by atoms with van der Waals surface area (Å²) in [5, 5.41) is 20.0. The quantitative estimate of drug-likeness (QED) is 0.0404. The Kier molecular flexibility index (Phi) is 31.4. The molecule has 0 radical (unpaired) electrons. The number of aliphatic hydroxyl groups excluding tert-OH is 2. The monoisotopic (exact) mass is 1670 g/mol. The molecule has 6 saturated heterocycles. The normalized spacial score (nSPS) is 27.6. The first kappa shape index (κ1) is 92.3. The number of hydrogen-bond acceptors (Lipinski definition) is 28. The number of aryl methyl sites for hydroxylation is 1. The van der Waals surface area contributed by atoms with Gasteiger partial charge in [0, 0.05) is 117 Å². The molecule has 4 aromatic heterocycles. The predicted molar refractivity (Wildman–Crippen MR) is 422 cm³/mol. The number of aliphatic hydroxyl groups is 2. The van der Waals surface area contributed by atoms with Gasteiger partial charge in [-0.05, 0) is 73.5 Å². The molecule has 10 heterocycles. The summed E-state index contributed by atoms with van der Waals surface area (Å²) in [6.45, 7) is 40.2. The maximum Gasteiger partial charge on any atom is 0.330 e. The number of hydrogen-bond donors (Lipinski definition) is 6. The van der Waals surface area contributed by atoms with Gasteiger partial charge in [-0.25, -0.2) is 19.2 Å². The second-order valence-electron chi connectivity index (χ2n) is 33.2. The molecule has 0 saturated carbocycles. The Balaban J connectivity index is 0.000000191. The lowest BCUT2D eigenvalue weighted by Crippen LogP contribution is -2.52. The van der Waals surface area contributed by atoms with Gasteiger partial charge in [-0.3, -0.25) is 71.4 Å². The van der Waals surface area contributed by atoms with E-state index >= 15 is 0 Å². The van der Waals surface area contributed by atoms with Gasteiger partial charge >= 0.3 is 22.8 Å². The summed E-state index contributed by atoms with van der Waals surface area (Å²) in [6, 6.07) is 11.3. The van der Waals surface area contributed by atoms with E-state index in [1.165, 1.54) is 101 Å². The second-order valence-corrected chi connectivity index (χ2v) is 49.1. The van der Waals surface area contributed by atoms with Crippen LogP contribution in [0.25, 0.3) is 0 Å². The van der Waals surface area contributed by atoms with Gasteiger partial charge in [0.15, 0.2) is 49.9 Å². The van der Waals surface area contributed by atoms with Crippen molar-refractivity contribution in [1.29, 1.82) is 0 Å². The van der Waals surface area contributed by atoms with E-state index in [0.29, 0.717) is 39.5 Å². The highest BCUT2D eigenvalue weighted by molar-refractivity contribution is 7.86. The summed E-state index contributed by atoms with van der Waals surface area (Å²) in [4.78, 5) is 108. The lowest BCUT2D eigenvalue weighted by atomic mass is 10.1. The van der Waals surface area contributed by atoms with E-state index in [4.69, 9.17) is 64.8 Å². The Labute approximate surface area is 659 Å². The van der Waals surface area contributed by atoms with Crippen molar-refractivity contribution in [3.05, 3.63) is 162 Å². The fraction of sp³-hybridized carbons (Fsp3) is 0.699. The molecule has 0 amide bonds. The Bertz CT molecular complexity index is 4540. The van der Waals surface area contributed by atoms with Crippen LogP contribution in [0, 0.1) is 6.92 Å². The number of rotatable bonds is 23. The van der Waals surface area contributed by atoms with E-state index in [-0.39, 0.29) is 45.4 Å². The third-order valence-corrected chi connectivity index (χ3v) is 37.1. The molecule has 6 aliphatic heterocycles. The predicted octanol–water partition coefficient (Wildman–Crippen LogP) is 2.70. The zero-order valence-corrected chi connectivity index (χ0v) is 72.3. The molecule has 634 valence electrons. The van der Waals surface area contributed by atoms with Crippen molar-refractivity contribution in [3.8, 4) is 0 Å². The molecule has 6 N–H and O–H groups in total. The van der Waals surface area contributed by atoms with Gasteiger partial charge in [-0.1, -0.05) is 80.0 Å². The highest BCUT2D eigenvalue weighted by atomic mass is 32.2. The Morgan fingerprint density at radius 1 is 0.434 bits per heavy atom. The zero-order valence-electron chi connectivity index (χ0n) is 68.4. The molecular formula is C73H118N10O26SSi3. The molecular weight excluding hydrogens is 1550 g/mol. The number of H-pyrrole nitrogens is 4. The largest absolute Gasteiger partial charge is 0.408 e. The van der Waals surface area contributed by atoms with Gasteiger partial charge in [0.1, 0.15) is 73.2 Å². The van der Waals surface area contributed by atoms with Gasteiger partial charge < -0.3 is 70.9 Å². The van der Waals surface area contributed by atoms with Gasteiger partial charge in [0.05, 0.1) is 44.5 Å². The van der Waals surface area contributed by atoms with Crippen LogP contribution in [-0.2, 0) is 74.9 Å². The third-order valence-electron chi connectivity index (χ3n) is 22.4. The average Bonchev–Trinajstić information content (AvgIpc) is 1.65. The fourth-order valence-corrected chi connectivity index (χ4v) is 17.7. The third kappa shape index (κ3) is 22.8. The van der Waals surface area contributed by atoms with E-state index in [0.717, 1.165) is 31.7 Å². The van der Waals surface area contributed by atoms with E-state index in [1.807, 2.05) is 6.92 Å². The van der Waals surface area contributed by atoms with Crippen molar-refractivity contribution in [2.24, 2.45) is 0 Å². The number of aromatic nitrogens is 8. The summed E-state index contributed by atoms with van der Waals surface area (Å²) < 4.78 is 113. The van der Waals surface area contributed by atoms with E-state index in [1.54, 1.807) is 19.2 Å². The highest BCUT2D eigenvalue weighted by Gasteiger charge is 2.55. The minimum absolute atomic E-state index is 0.0156. The minimum Gasteiger partial charge on any atom is -0.408 e. The van der Waals surface area contributed by atoms with Crippen LogP contribution in [0.15, 0.2) is 117 Å². The molecule has 113 heavy (non-hydrogen) atoms. The molecule has 0 bridgehead atoms. The number of nitrogens with one attached hydrogen (secondary N) is 4. The number of aromatic amines is 4. The van der Waals surface area contributed by atoms with Crippen molar-refractivity contribution in [3.63, 3.8) is 0 Å². The fourth-order valence-electron chi connectivity index (χ4n) is 12.8. The van der Waals surface area contributed by atoms with Crippen LogP contribution in [0.2, 0.25) is 54.4 Å². The number of morpholine rings is 2. The average molecular weight is 1670 g/mol. The molecule has 5 aromatic rings. The lowest BCUT2D eigenvalue weighted by molar-refractivity contribution is -0.0642. The SMILES string of the molecule is CO[C@H]1C(O)[C@@H](CN2CCOCC2)O[C@H]1n1ccc(=O)[nH]c1=O.CO[C@H]1C(O[Si](C)(C)C(C)(C)C)[C@@H](CN2CCOCC2)O[C@H]1n1ccc(=O)[nH]c1=O.CO[C@H]1C(O[Si](C)(C)C(C)(C)C)[C@@H](CO)O[C@H]1n1ccc(=O)[nH]c1=O.CO[C@H]1C(O[Si](C)(C)C(C)(C)C)[C@@H](COS(=O)(=O)c2ccc(C)cc2)O[C@H]1n1ccc(=O)[nH]c1=O. The van der Waals surface area contributed by atoms with Crippen molar-refractivity contribution >= 4 is 35.1 Å². The minimum atomic E-state index is -4.06. The Morgan fingerprint density at radius 3 is 1.04 bits per heavy atom. The number of benzene rings is 1. The first-order valence-corrected chi connectivity index (χ1v) is 47.8. The Morgan fingerprint density at radius 2 is 0.726 bits per heavy atom. The summed E-state index contributed by atoms with van der Waals surface area (Å²) in [6.07, 6.45) is -4.94. The van der Waals surface area contributed by atoms with Crippen LogP contribution in [-0.4, -0.2) is 272 Å². The maximum atomic E-state index is 12.8. The highest BCUT2D eigenvalue weighted by Crippen LogP contribution is 2.45. The number of ether oxygens (including phenoxy) is 10. The van der Waals surface area contributed by atoms with Gasteiger partial charge in [-0.2, -0.15) is 8.42 Å². The standard InChI is InChI=1S/C23H34N2O8SSi.C20H35N3O6Si.C16H28N2O6Si.C14H21N3O6/c1-15-8-10-16(11-9-15)34(28,29)31-14-17-19(33-35(6,7)23(2,3)4)20(30-5)21(32-17)25-13-12-18(26)24-22(25)27;1-20(2,3)30(5,6)29-16-14(13-22-9-11-27-12-10-22)28-18(17(16)26-4)23-8-7-15(24)21-19(23)25;1-16(2,3)25(5,6)24-12-10(9-19)23-14(13(12)22-4)18-8-7-11(20)17-15(18)21;1-21-12-11(19)9(8-16-4-6-22-7-5-16)23-13(12)17-3-2-10(18)15-14(17)20/h8-13,17,19-21H,14H2,1-7H3,(H,24,26,27);7-8,14,16-18H,9-13H2,1-6H3,(H,21,24,25);7-8,10,12-14,19H,9H2,1-6H3,(H,17,20,21);2-3,9,11-13,19H,4-8H2,1H3,(H,15,18,20)/t17-,19?,20+,21-;14-,16?,17+,18-;10-,12?,13+,14-;9-,11?,12+,13-/m1111/s1. The Hall–Kier alpha value is -6.18. The van der Waals surface area contributed by atoms with Crippen LogP contribution in [0.5, 0.6) is 0 Å². The zero-order chi connectivity index (χ0) is 83.7. The van der Waals surface area contributed by atoms with E-state index in [9.17, 15) is 57.0 Å². The van der Waals surface area contributed by atoms with Gasteiger partial charge in [0.25, 0.3) is 32.4 Å². The van der Waals surface area contributed by atoms with Crippen LogP contribution in [0.4, 0.5) is 0 Å². The molecule has 36 nitrogen and oxygen atoms in total. The number of methoxy groups -OCH3 is 4. The molecule has 0 spiro atoms. The second kappa shape index (κ2) is 38.5. The van der Waals surface area contributed by atoms with Gasteiger partial charge in [-0.15, -0.1) is 0 Å². The van der Waals surface area contributed by atoms with Crippen LogP contribution >= 0.6 is 0 Å². The lowest BCUT2D eigenvalue weighted by Gasteiger charge is -2.41. The van der Waals surface area contributed by atoms with Crippen molar-refractivity contribution < 1.29 is 83.5 Å². The van der Waals surface area contributed by atoms with Crippen molar-refractivity contribution in [2.75, 3.05) is 107 Å². The number of nitrogens with zero attached hydrogens (tertiary/aromatic N) is 6. The molecule has 11 rings (SSSR count).